The number of carbonyl (C=O) groups excluding carboxylic acids is 1. The monoisotopic (exact) mass is 245 g/mol. The maximum atomic E-state index is 11.9. The number of carbonyl (C=O) groups is 1. The van der Waals surface area contributed by atoms with Crippen LogP contribution in [-0.2, 0) is 16.0 Å². The van der Waals surface area contributed by atoms with Crippen molar-refractivity contribution >= 4 is 5.97 Å². The Hall–Kier alpha value is -1.82. The topological polar surface area (TPSA) is 50.1 Å². The first-order valence-electron chi connectivity index (χ1n) is 6.08. The minimum Gasteiger partial charge on any atom is -0.465 e. The molecule has 0 bridgehead atoms. The highest BCUT2D eigenvalue weighted by Crippen LogP contribution is 2.27. The van der Waals surface area contributed by atoms with E-state index >= 15 is 0 Å². The van der Waals surface area contributed by atoms with Gasteiger partial charge < -0.3 is 4.74 Å². The van der Waals surface area contributed by atoms with Crippen LogP contribution >= 0.6 is 0 Å². The Kier molecular flexibility index (Phi) is 4.49. The molecule has 0 aliphatic rings. The van der Waals surface area contributed by atoms with E-state index in [1.54, 1.807) is 13.8 Å². The van der Waals surface area contributed by atoms with Crippen LogP contribution in [0.4, 0.5) is 0 Å². The van der Waals surface area contributed by atoms with Crippen molar-refractivity contribution < 1.29 is 9.53 Å². The van der Waals surface area contributed by atoms with Gasteiger partial charge in [-0.2, -0.15) is 5.26 Å². The standard InChI is InChI=1S/C15H19NO2/c1-5-18-14(17)15(4,10-16)9-13-11(2)7-6-8-12(13)3/h6-8H,5,9H2,1-4H3. The summed E-state index contributed by atoms with van der Waals surface area (Å²) in [7, 11) is 0. The zero-order chi connectivity index (χ0) is 13.8. The van der Waals surface area contributed by atoms with Crippen molar-refractivity contribution in [2.45, 2.75) is 34.1 Å². The van der Waals surface area contributed by atoms with Crippen LogP contribution in [0.2, 0.25) is 0 Å². The molecule has 1 aromatic rings. The maximum Gasteiger partial charge on any atom is 0.326 e. The van der Waals surface area contributed by atoms with Crippen molar-refractivity contribution in [2.24, 2.45) is 5.41 Å². The summed E-state index contributed by atoms with van der Waals surface area (Å²) in [5, 5.41) is 9.27. The van der Waals surface area contributed by atoms with Crippen molar-refractivity contribution in [2.75, 3.05) is 6.61 Å². The summed E-state index contributed by atoms with van der Waals surface area (Å²) in [5.41, 5.74) is 2.13. The van der Waals surface area contributed by atoms with E-state index in [-0.39, 0.29) is 0 Å². The highest BCUT2D eigenvalue weighted by molar-refractivity contribution is 5.80. The van der Waals surface area contributed by atoms with Crippen LogP contribution < -0.4 is 0 Å². The van der Waals surface area contributed by atoms with Crippen molar-refractivity contribution in [3.8, 4) is 6.07 Å². The van der Waals surface area contributed by atoms with Crippen LogP contribution in [0.1, 0.15) is 30.5 Å². The predicted octanol–water partition coefficient (Wildman–Crippen LogP) is 2.94. The second-order valence-electron chi connectivity index (χ2n) is 4.71. The lowest BCUT2D eigenvalue weighted by Gasteiger charge is -2.21. The fourth-order valence-corrected chi connectivity index (χ4v) is 1.93. The molecule has 18 heavy (non-hydrogen) atoms. The molecule has 0 N–H and O–H groups in total. The van der Waals surface area contributed by atoms with Crippen LogP contribution in [0.5, 0.6) is 0 Å². The van der Waals surface area contributed by atoms with Crippen molar-refractivity contribution in [3.05, 3.63) is 34.9 Å². The Bertz CT molecular complexity index is 468. The summed E-state index contributed by atoms with van der Waals surface area (Å²) < 4.78 is 4.99. The summed E-state index contributed by atoms with van der Waals surface area (Å²) >= 11 is 0. The van der Waals surface area contributed by atoms with Gasteiger partial charge in [0, 0.05) is 6.42 Å². The molecule has 96 valence electrons. The molecule has 0 amide bonds. The summed E-state index contributed by atoms with van der Waals surface area (Å²) in [4.78, 5) is 11.9. The van der Waals surface area contributed by atoms with Crippen molar-refractivity contribution in [1.82, 2.24) is 0 Å². The minimum atomic E-state index is -1.12. The van der Waals surface area contributed by atoms with E-state index in [0.29, 0.717) is 13.0 Å². The van der Waals surface area contributed by atoms with Crippen LogP contribution in [0, 0.1) is 30.6 Å². The first-order chi connectivity index (χ1) is 8.44. The van der Waals surface area contributed by atoms with Gasteiger partial charge in [0.05, 0.1) is 12.7 Å². The van der Waals surface area contributed by atoms with Gasteiger partial charge in [-0.25, -0.2) is 0 Å². The minimum absolute atomic E-state index is 0.295. The normalized spacial score (nSPS) is 13.5. The Morgan fingerprint density at radius 3 is 2.39 bits per heavy atom. The van der Waals surface area contributed by atoms with Crippen LogP contribution in [-0.4, -0.2) is 12.6 Å². The predicted molar refractivity (Wildman–Crippen MR) is 70.0 cm³/mol. The number of hydrogen-bond acceptors (Lipinski definition) is 3. The molecule has 0 fully saturated rings. The van der Waals surface area contributed by atoms with Crippen LogP contribution in [0.3, 0.4) is 0 Å². The number of nitrogens with zero attached hydrogens (tertiary/aromatic N) is 1. The zero-order valence-electron chi connectivity index (χ0n) is 11.4. The molecule has 0 saturated heterocycles. The first kappa shape index (κ1) is 14.2. The SMILES string of the molecule is CCOC(=O)C(C)(C#N)Cc1c(C)cccc1C. The number of rotatable bonds is 4. The van der Waals surface area contributed by atoms with Gasteiger partial charge >= 0.3 is 5.97 Å². The zero-order valence-corrected chi connectivity index (χ0v) is 11.4. The Labute approximate surface area is 108 Å². The van der Waals surface area contributed by atoms with Gasteiger partial charge in [-0.3, -0.25) is 4.79 Å². The number of nitriles is 1. The molecule has 0 spiro atoms. The molecule has 0 heterocycles. The van der Waals surface area contributed by atoms with Gasteiger partial charge in [-0.15, -0.1) is 0 Å². The largest absolute Gasteiger partial charge is 0.465 e. The number of hydrogen-bond donors (Lipinski definition) is 0. The van der Waals surface area contributed by atoms with Gasteiger partial charge in [-0.05, 0) is 44.4 Å². The molecule has 1 aromatic carbocycles. The Morgan fingerprint density at radius 2 is 1.94 bits per heavy atom. The second-order valence-corrected chi connectivity index (χ2v) is 4.71. The molecule has 0 aromatic heterocycles. The quantitative estimate of drug-likeness (QED) is 0.766. The maximum absolute atomic E-state index is 11.9. The smallest absolute Gasteiger partial charge is 0.326 e. The molecule has 0 saturated carbocycles. The van der Waals surface area contributed by atoms with Crippen molar-refractivity contribution in [3.63, 3.8) is 0 Å². The lowest BCUT2D eigenvalue weighted by Crippen LogP contribution is -2.31. The lowest BCUT2D eigenvalue weighted by atomic mass is 9.82. The molecular weight excluding hydrogens is 226 g/mol. The third kappa shape index (κ3) is 2.89. The molecule has 3 nitrogen and oxygen atoms in total. The van der Waals surface area contributed by atoms with E-state index in [4.69, 9.17) is 4.74 Å². The van der Waals surface area contributed by atoms with E-state index in [0.717, 1.165) is 16.7 Å². The number of benzene rings is 1. The average molecular weight is 245 g/mol. The summed E-state index contributed by atoms with van der Waals surface area (Å²) in [6, 6.07) is 8.05. The molecule has 3 heteroatoms. The van der Waals surface area contributed by atoms with Gasteiger partial charge in [0.15, 0.2) is 5.41 Å². The molecule has 0 aliphatic heterocycles. The third-order valence-corrected chi connectivity index (χ3v) is 3.15. The van der Waals surface area contributed by atoms with Crippen molar-refractivity contribution in [1.29, 1.82) is 5.26 Å². The molecular formula is C15H19NO2. The Morgan fingerprint density at radius 1 is 1.39 bits per heavy atom. The second kappa shape index (κ2) is 5.68. The van der Waals surface area contributed by atoms with E-state index in [9.17, 15) is 10.1 Å². The highest BCUT2D eigenvalue weighted by atomic mass is 16.5. The van der Waals surface area contributed by atoms with Gasteiger partial charge in [0.1, 0.15) is 0 Å². The van der Waals surface area contributed by atoms with E-state index < -0.39 is 11.4 Å². The Balaban J connectivity index is 3.07. The summed E-state index contributed by atoms with van der Waals surface area (Å²) in [6.07, 6.45) is 0.390. The van der Waals surface area contributed by atoms with Gasteiger partial charge in [0.25, 0.3) is 0 Å². The van der Waals surface area contributed by atoms with Crippen LogP contribution in [0.15, 0.2) is 18.2 Å². The number of aryl methyl sites for hydroxylation is 2. The molecule has 0 radical (unpaired) electrons. The highest BCUT2D eigenvalue weighted by Gasteiger charge is 2.36. The summed E-state index contributed by atoms with van der Waals surface area (Å²) in [5.74, 6) is -0.449. The molecule has 0 aliphatic carbocycles. The third-order valence-electron chi connectivity index (χ3n) is 3.15. The molecule has 1 rings (SSSR count). The van der Waals surface area contributed by atoms with Gasteiger partial charge in [0.2, 0.25) is 0 Å². The number of ether oxygens (including phenoxy) is 1. The van der Waals surface area contributed by atoms with Crippen LogP contribution in [0.25, 0.3) is 0 Å². The fraction of sp³-hybridized carbons (Fsp3) is 0.467. The van der Waals surface area contributed by atoms with Gasteiger partial charge in [-0.1, -0.05) is 18.2 Å². The first-order valence-corrected chi connectivity index (χ1v) is 6.08. The van der Waals surface area contributed by atoms with E-state index in [2.05, 4.69) is 6.07 Å². The lowest BCUT2D eigenvalue weighted by molar-refractivity contribution is -0.151. The average Bonchev–Trinajstić information content (AvgIpc) is 2.34. The molecule has 1 unspecified atom stereocenters. The van der Waals surface area contributed by atoms with E-state index in [1.165, 1.54) is 0 Å². The van der Waals surface area contributed by atoms with E-state index in [1.807, 2.05) is 32.0 Å². The number of esters is 1. The molecule has 1 atom stereocenters. The summed E-state index contributed by atoms with van der Waals surface area (Å²) in [6.45, 7) is 7.66. The fourth-order valence-electron chi connectivity index (χ4n) is 1.93.